The predicted molar refractivity (Wildman–Crippen MR) is 91.4 cm³/mol. The van der Waals surface area contributed by atoms with Crippen LogP contribution in [0.2, 0.25) is 0 Å². The molecule has 0 aliphatic heterocycles. The number of rotatable bonds is 4. The molecule has 0 amide bonds. The van der Waals surface area contributed by atoms with E-state index in [0.717, 1.165) is 28.3 Å². The highest BCUT2D eigenvalue weighted by molar-refractivity contribution is 6.13. The average Bonchev–Trinajstić information content (AvgIpc) is 2.52. The second-order valence-corrected chi connectivity index (χ2v) is 6.09. The molecule has 0 fully saturated rings. The van der Waals surface area contributed by atoms with Crippen molar-refractivity contribution in [2.45, 2.75) is 26.3 Å². The van der Waals surface area contributed by atoms with Crippen molar-refractivity contribution in [1.29, 1.82) is 0 Å². The monoisotopic (exact) mass is 297 g/mol. The highest BCUT2D eigenvalue weighted by Gasteiger charge is 2.14. The molecule has 0 aliphatic carbocycles. The Balaban J connectivity index is 2.48. The van der Waals surface area contributed by atoms with Crippen molar-refractivity contribution in [1.82, 2.24) is 0 Å². The molecular weight excluding hydrogens is 274 g/mol. The Kier molecular flexibility index (Phi) is 4.86. The summed E-state index contributed by atoms with van der Waals surface area (Å²) < 4.78 is 10.5. The summed E-state index contributed by atoms with van der Waals surface area (Å²) in [6.07, 6.45) is 0. The normalized spacial score (nSPS) is 11.0. The van der Waals surface area contributed by atoms with Crippen LogP contribution in [0.1, 0.15) is 31.9 Å². The lowest BCUT2D eigenvalue weighted by molar-refractivity contribution is 0.414. The van der Waals surface area contributed by atoms with E-state index in [4.69, 9.17) is 14.5 Å². The molecular formula is C19H23NO2. The van der Waals surface area contributed by atoms with Crippen molar-refractivity contribution in [3.63, 3.8) is 0 Å². The van der Waals surface area contributed by atoms with E-state index in [0.29, 0.717) is 0 Å². The van der Waals surface area contributed by atoms with Gasteiger partial charge in [-0.25, -0.2) is 0 Å². The van der Waals surface area contributed by atoms with Crippen molar-refractivity contribution < 1.29 is 9.47 Å². The van der Waals surface area contributed by atoms with E-state index in [9.17, 15) is 0 Å². The molecule has 0 unspecified atom stereocenters. The van der Waals surface area contributed by atoms with E-state index in [1.54, 1.807) is 14.2 Å². The minimum Gasteiger partial charge on any atom is -0.497 e. The first-order valence-corrected chi connectivity index (χ1v) is 7.31. The number of methoxy groups -OCH3 is 2. The quantitative estimate of drug-likeness (QED) is 0.786. The summed E-state index contributed by atoms with van der Waals surface area (Å²) in [5.41, 5.74) is 2.95. The molecule has 0 aliphatic rings. The van der Waals surface area contributed by atoms with Crippen molar-refractivity contribution in [2.75, 3.05) is 14.2 Å². The summed E-state index contributed by atoms with van der Waals surface area (Å²) in [6, 6.07) is 16.0. The fraction of sp³-hybridized carbons (Fsp3) is 0.316. The minimum atomic E-state index is -0.158. The van der Waals surface area contributed by atoms with Gasteiger partial charge >= 0.3 is 0 Å². The van der Waals surface area contributed by atoms with Gasteiger partial charge in [-0.1, -0.05) is 0 Å². The van der Waals surface area contributed by atoms with Crippen LogP contribution in [-0.4, -0.2) is 25.5 Å². The Morgan fingerprint density at radius 2 is 1.09 bits per heavy atom. The smallest absolute Gasteiger partial charge is 0.118 e. The second-order valence-electron chi connectivity index (χ2n) is 6.09. The molecule has 0 heterocycles. The van der Waals surface area contributed by atoms with E-state index in [-0.39, 0.29) is 5.54 Å². The van der Waals surface area contributed by atoms with Crippen molar-refractivity contribution in [3.8, 4) is 11.5 Å². The molecule has 3 nitrogen and oxygen atoms in total. The number of hydrogen-bond acceptors (Lipinski definition) is 3. The van der Waals surface area contributed by atoms with Gasteiger partial charge in [0, 0.05) is 11.1 Å². The van der Waals surface area contributed by atoms with E-state index < -0.39 is 0 Å². The van der Waals surface area contributed by atoms with E-state index in [1.165, 1.54) is 0 Å². The van der Waals surface area contributed by atoms with E-state index in [1.807, 2.05) is 48.5 Å². The zero-order chi connectivity index (χ0) is 16.2. The molecule has 2 rings (SSSR count). The van der Waals surface area contributed by atoms with Gasteiger partial charge in [-0.05, 0) is 69.3 Å². The van der Waals surface area contributed by atoms with Crippen molar-refractivity contribution in [2.24, 2.45) is 4.99 Å². The first kappa shape index (κ1) is 16.1. The molecule has 2 aromatic rings. The fourth-order valence-electron chi connectivity index (χ4n) is 2.13. The molecule has 3 heteroatoms. The van der Waals surface area contributed by atoms with Gasteiger partial charge in [0.25, 0.3) is 0 Å². The van der Waals surface area contributed by atoms with Gasteiger partial charge in [-0.3, -0.25) is 4.99 Å². The van der Waals surface area contributed by atoms with Crippen LogP contribution in [0.15, 0.2) is 53.5 Å². The van der Waals surface area contributed by atoms with Gasteiger partial charge in [0.15, 0.2) is 0 Å². The van der Waals surface area contributed by atoms with Crippen molar-refractivity contribution >= 4 is 5.71 Å². The summed E-state index contributed by atoms with van der Waals surface area (Å²) in [5.74, 6) is 1.68. The largest absolute Gasteiger partial charge is 0.497 e. The Morgan fingerprint density at radius 3 is 1.36 bits per heavy atom. The van der Waals surface area contributed by atoms with Gasteiger partial charge < -0.3 is 9.47 Å². The molecule has 0 aromatic heterocycles. The first-order valence-electron chi connectivity index (χ1n) is 7.31. The van der Waals surface area contributed by atoms with Crippen LogP contribution in [0.5, 0.6) is 11.5 Å². The summed E-state index contributed by atoms with van der Waals surface area (Å²) in [6.45, 7) is 6.29. The summed E-state index contributed by atoms with van der Waals surface area (Å²) in [5, 5.41) is 0. The fourth-order valence-corrected chi connectivity index (χ4v) is 2.13. The maximum absolute atomic E-state index is 5.23. The highest BCUT2D eigenvalue weighted by atomic mass is 16.5. The molecule has 116 valence electrons. The van der Waals surface area contributed by atoms with E-state index in [2.05, 4.69) is 20.8 Å². The second kappa shape index (κ2) is 6.65. The number of aliphatic imine (C=N–C) groups is 1. The molecule has 2 aromatic carbocycles. The maximum atomic E-state index is 5.23. The van der Waals surface area contributed by atoms with Crippen molar-refractivity contribution in [3.05, 3.63) is 59.7 Å². The molecule has 0 saturated heterocycles. The molecule has 0 saturated carbocycles. The number of ether oxygens (including phenoxy) is 2. The van der Waals surface area contributed by atoms with Gasteiger partial charge in [0.2, 0.25) is 0 Å². The Morgan fingerprint density at radius 1 is 0.727 bits per heavy atom. The Labute approximate surface area is 132 Å². The summed E-state index contributed by atoms with van der Waals surface area (Å²) in [4.78, 5) is 4.90. The Bertz CT molecular complexity index is 585. The zero-order valence-corrected chi connectivity index (χ0v) is 13.9. The molecule has 0 atom stereocenters. The van der Waals surface area contributed by atoms with Crippen LogP contribution < -0.4 is 9.47 Å². The van der Waals surface area contributed by atoms with Crippen LogP contribution in [-0.2, 0) is 0 Å². The van der Waals surface area contributed by atoms with Crippen LogP contribution in [0.4, 0.5) is 0 Å². The van der Waals surface area contributed by atoms with Gasteiger partial charge in [0.1, 0.15) is 11.5 Å². The number of nitrogens with zero attached hydrogens (tertiary/aromatic N) is 1. The van der Waals surface area contributed by atoms with Gasteiger partial charge in [-0.15, -0.1) is 0 Å². The molecule has 0 bridgehead atoms. The molecule has 0 spiro atoms. The maximum Gasteiger partial charge on any atom is 0.118 e. The summed E-state index contributed by atoms with van der Waals surface area (Å²) in [7, 11) is 3.34. The molecule has 0 N–H and O–H groups in total. The Hall–Kier alpha value is -2.29. The third-order valence-electron chi connectivity index (χ3n) is 3.17. The lowest BCUT2D eigenvalue weighted by Gasteiger charge is -2.17. The van der Waals surface area contributed by atoms with Gasteiger partial charge in [-0.2, -0.15) is 0 Å². The van der Waals surface area contributed by atoms with Crippen LogP contribution in [0.25, 0.3) is 0 Å². The van der Waals surface area contributed by atoms with Crippen LogP contribution >= 0.6 is 0 Å². The zero-order valence-electron chi connectivity index (χ0n) is 13.9. The van der Waals surface area contributed by atoms with Gasteiger partial charge in [0.05, 0.1) is 25.5 Å². The standard InChI is InChI=1S/C19H23NO2/c1-19(2,3)20-18(14-6-10-16(21-4)11-7-14)15-8-12-17(22-5)13-9-15/h6-13H,1-5H3. The lowest BCUT2D eigenvalue weighted by Crippen LogP contribution is -2.16. The summed E-state index contributed by atoms with van der Waals surface area (Å²) >= 11 is 0. The van der Waals surface area contributed by atoms with Crippen LogP contribution in [0, 0.1) is 0 Å². The minimum absolute atomic E-state index is 0.158. The predicted octanol–water partition coefficient (Wildman–Crippen LogP) is 4.34. The third-order valence-corrected chi connectivity index (χ3v) is 3.17. The molecule has 0 radical (unpaired) electrons. The number of hydrogen-bond donors (Lipinski definition) is 0. The highest BCUT2D eigenvalue weighted by Crippen LogP contribution is 2.21. The molecule has 22 heavy (non-hydrogen) atoms. The van der Waals surface area contributed by atoms with Crippen LogP contribution in [0.3, 0.4) is 0 Å². The number of benzene rings is 2. The SMILES string of the molecule is COc1ccc(C(=NC(C)(C)C)c2ccc(OC)cc2)cc1. The first-order chi connectivity index (χ1) is 10.4. The third kappa shape index (κ3) is 4.10. The topological polar surface area (TPSA) is 30.8 Å². The average molecular weight is 297 g/mol. The van der Waals surface area contributed by atoms with E-state index >= 15 is 0 Å². The lowest BCUT2D eigenvalue weighted by atomic mass is 10.00.